The van der Waals surface area contributed by atoms with Gasteiger partial charge < -0.3 is 23.7 Å². The first-order valence-corrected chi connectivity index (χ1v) is 12.9. The SMILES string of the molecule is Cc1cc(OCCn2c(C3CC(=O)N(c4ccc5c(c4)OCCO5)C3)nc3ccccc32)cc(C)c1Cl. The van der Waals surface area contributed by atoms with E-state index >= 15 is 0 Å². The molecule has 1 unspecified atom stereocenters. The zero-order chi connectivity index (χ0) is 25.5. The summed E-state index contributed by atoms with van der Waals surface area (Å²) >= 11 is 6.31. The molecule has 0 N–H and O–H groups in total. The molecule has 8 heteroatoms. The average Bonchev–Trinajstić information content (AvgIpc) is 3.47. The number of ether oxygens (including phenoxy) is 3. The van der Waals surface area contributed by atoms with Gasteiger partial charge in [-0.2, -0.15) is 0 Å². The Balaban J connectivity index is 1.24. The van der Waals surface area contributed by atoms with Crippen LogP contribution in [0.2, 0.25) is 5.02 Å². The lowest BCUT2D eigenvalue weighted by molar-refractivity contribution is -0.117. The molecule has 1 saturated heterocycles. The summed E-state index contributed by atoms with van der Waals surface area (Å²) in [6, 6.07) is 17.7. The highest BCUT2D eigenvalue weighted by atomic mass is 35.5. The molecule has 0 spiro atoms. The van der Waals surface area contributed by atoms with Crippen LogP contribution in [0, 0.1) is 13.8 Å². The van der Waals surface area contributed by atoms with Gasteiger partial charge in [0.1, 0.15) is 31.4 Å². The van der Waals surface area contributed by atoms with Gasteiger partial charge in [-0.1, -0.05) is 23.7 Å². The van der Waals surface area contributed by atoms with Crippen LogP contribution in [0.3, 0.4) is 0 Å². The van der Waals surface area contributed by atoms with E-state index in [9.17, 15) is 4.79 Å². The van der Waals surface area contributed by atoms with Crippen molar-refractivity contribution in [3.63, 3.8) is 0 Å². The van der Waals surface area contributed by atoms with Gasteiger partial charge in [-0.15, -0.1) is 0 Å². The molecule has 2 aliphatic rings. The van der Waals surface area contributed by atoms with Crippen molar-refractivity contribution in [1.29, 1.82) is 0 Å². The normalized spacial score (nSPS) is 17.0. The minimum absolute atomic E-state index is 0.0341. The predicted octanol–water partition coefficient (Wildman–Crippen LogP) is 5.68. The van der Waals surface area contributed by atoms with Gasteiger partial charge in [0.2, 0.25) is 5.91 Å². The highest BCUT2D eigenvalue weighted by Crippen LogP contribution is 2.38. The van der Waals surface area contributed by atoms with Crippen LogP contribution in [0.1, 0.15) is 29.3 Å². The van der Waals surface area contributed by atoms with E-state index in [1.807, 2.05) is 67.3 Å². The van der Waals surface area contributed by atoms with Crippen LogP contribution in [0.4, 0.5) is 5.69 Å². The van der Waals surface area contributed by atoms with Crippen molar-refractivity contribution in [2.45, 2.75) is 32.7 Å². The van der Waals surface area contributed by atoms with E-state index in [1.54, 1.807) is 0 Å². The summed E-state index contributed by atoms with van der Waals surface area (Å²) in [4.78, 5) is 19.9. The predicted molar refractivity (Wildman–Crippen MR) is 143 cm³/mol. The molecule has 1 fully saturated rings. The monoisotopic (exact) mass is 517 g/mol. The molecule has 0 saturated carbocycles. The molecule has 1 aromatic heterocycles. The first-order chi connectivity index (χ1) is 18.0. The lowest BCUT2D eigenvalue weighted by Crippen LogP contribution is -2.25. The Morgan fingerprint density at radius 2 is 1.78 bits per heavy atom. The lowest BCUT2D eigenvalue weighted by atomic mass is 10.1. The Morgan fingerprint density at radius 3 is 2.59 bits per heavy atom. The number of imidazole rings is 1. The Morgan fingerprint density at radius 1 is 1.03 bits per heavy atom. The van der Waals surface area contributed by atoms with Crippen molar-refractivity contribution < 1.29 is 19.0 Å². The van der Waals surface area contributed by atoms with E-state index in [0.29, 0.717) is 50.8 Å². The van der Waals surface area contributed by atoms with Crippen LogP contribution >= 0.6 is 11.6 Å². The number of aromatic nitrogens is 2. The minimum Gasteiger partial charge on any atom is -0.492 e. The van der Waals surface area contributed by atoms with Crippen LogP contribution in [0.5, 0.6) is 17.2 Å². The first-order valence-electron chi connectivity index (χ1n) is 12.5. The molecule has 4 aromatic rings. The van der Waals surface area contributed by atoms with Gasteiger partial charge in [-0.25, -0.2) is 4.98 Å². The smallest absolute Gasteiger partial charge is 0.227 e. The number of anilines is 1. The van der Waals surface area contributed by atoms with Crippen molar-refractivity contribution in [2.75, 3.05) is 31.3 Å². The molecule has 0 aliphatic carbocycles. The van der Waals surface area contributed by atoms with Gasteiger partial charge in [-0.3, -0.25) is 4.79 Å². The van der Waals surface area contributed by atoms with Crippen molar-refractivity contribution in [3.05, 3.63) is 76.6 Å². The van der Waals surface area contributed by atoms with Gasteiger partial charge >= 0.3 is 0 Å². The molecule has 37 heavy (non-hydrogen) atoms. The molecule has 0 radical (unpaired) electrons. The summed E-state index contributed by atoms with van der Waals surface area (Å²) in [6.07, 6.45) is 0.397. The number of halogens is 1. The summed E-state index contributed by atoms with van der Waals surface area (Å²) < 4.78 is 19.7. The number of benzene rings is 3. The maximum Gasteiger partial charge on any atom is 0.227 e. The summed E-state index contributed by atoms with van der Waals surface area (Å²) in [5, 5.41) is 0.767. The van der Waals surface area contributed by atoms with E-state index in [-0.39, 0.29) is 11.8 Å². The number of aryl methyl sites for hydroxylation is 2. The lowest BCUT2D eigenvalue weighted by Gasteiger charge is -2.22. The van der Waals surface area contributed by atoms with Crippen molar-refractivity contribution in [2.24, 2.45) is 0 Å². The third-order valence-electron chi connectivity index (χ3n) is 7.01. The third kappa shape index (κ3) is 4.48. The molecular weight excluding hydrogens is 490 g/mol. The van der Waals surface area contributed by atoms with E-state index in [1.165, 1.54) is 0 Å². The van der Waals surface area contributed by atoms with E-state index in [4.69, 9.17) is 30.8 Å². The number of carbonyl (C=O) groups is 1. The van der Waals surface area contributed by atoms with Gasteiger partial charge in [0.05, 0.1) is 17.6 Å². The van der Waals surface area contributed by atoms with E-state index < -0.39 is 0 Å². The average molecular weight is 518 g/mol. The van der Waals surface area contributed by atoms with Crippen LogP contribution in [0.15, 0.2) is 54.6 Å². The second-order valence-electron chi connectivity index (χ2n) is 9.56. The van der Waals surface area contributed by atoms with Crippen molar-refractivity contribution in [3.8, 4) is 17.2 Å². The maximum atomic E-state index is 13.1. The molecule has 1 atom stereocenters. The number of fused-ring (bicyclic) bond motifs is 2. The topological polar surface area (TPSA) is 65.8 Å². The molecule has 1 amide bonds. The number of carbonyl (C=O) groups excluding carboxylic acids is 1. The first kappa shape index (κ1) is 23.7. The number of amides is 1. The largest absolute Gasteiger partial charge is 0.492 e. The van der Waals surface area contributed by atoms with Crippen LogP contribution in [-0.4, -0.2) is 41.8 Å². The Labute approximate surface area is 220 Å². The van der Waals surface area contributed by atoms with Gasteiger partial charge in [0, 0.05) is 35.7 Å². The fourth-order valence-corrected chi connectivity index (χ4v) is 5.32. The number of hydrogen-bond acceptors (Lipinski definition) is 5. The molecule has 190 valence electrons. The summed E-state index contributed by atoms with van der Waals surface area (Å²) in [5.74, 6) is 3.13. The Bertz CT molecular complexity index is 1480. The summed E-state index contributed by atoms with van der Waals surface area (Å²) in [5.41, 5.74) is 4.76. The van der Waals surface area contributed by atoms with Crippen molar-refractivity contribution in [1.82, 2.24) is 9.55 Å². The molecule has 2 aliphatic heterocycles. The zero-order valence-electron chi connectivity index (χ0n) is 20.9. The highest BCUT2D eigenvalue weighted by molar-refractivity contribution is 6.32. The Kier molecular flexibility index (Phi) is 6.16. The second-order valence-corrected chi connectivity index (χ2v) is 9.94. The molecule has 7 nitrogen and oxygen atoms in total. The minimum atomic E-state index is -0.0341. The standard InChI is InChI=1S/C29H28ClN3O4/c1-18-13-22(14-19(2)28(18)30)35-10-9-32-24-6-4-3-5-23(24)31-29(32)20-15-27(34)33(17-20)21-7-8-25-26(16-21)37-12-11-36-25/h3-8,13-14,16,20H,9-12,15,17H2,1-2H3. The fraction of sp³-hybridized carbons (Fsp3) is 0.310. The Hall–Kier alpha value is -3.71. The molecule has 0 bridgehead atoms. The molecule has 6 rings (SSSR count). The van der Waals surface area contributed by atoms with Crippen LogP contribution in [-0.2, 0) is 11.3 Å². The number of rotatable bonds is 6. The van der Waals surface area contributed by atoms with E-state index in [2.05, 4.69) is 10.6 Å². The second kappa shape index (κ2) is 9.63. The zero-order valence-corrected chi connectivity index (χ0v) is 21.6. The highest BCUT2D eigenvalue weighted by Gasteiger charge is 2.35. The van der Waals surface area contributed by atoms with Gasteiger partial charge in [-0.05, 0) is 61.4 Å². The van der Waals surface area contributed by atoms with Gasteiger partial charge in [0.15, 0.2) is 11.5 Å². The summed E-state index contributed by atoms with van der Waals surface area (Å²) in [6.45, 7) is 6.65. The number of nitrogens with zero attached hydrogens (tertiary/aromatic N) is 3. The number of para-hydroxylation sites is 2. The number of hydrogen-bond donors (Lipinski definition) is 0. The van der Waals surface area contributed by atoms with Crippen LogP contribution < -0.4 is 19.1 Å². The quantitative estimate of drug-likeness (QED) is 0.329. The van der Waals surface area contributed by atoms with Crippen molar-refractivity contribution >= 4 is 34.2 Å². The maximum absolute atomic E-state index is 13.1. The van der Waals surface area contributed by atoms with E-state index in [0.717, 1.165) is 44.4 Å². The molecule has 3 aromatic carbocycles. The fourth-order valence-electron chi connectivity index (χ4n) is 5.22. The van der Waals surface area contributed by atoms with Crippen LogP contribution in [0.25, 0.3) is 11.0 Å². The van der Waals surface area contributed by atoms with Gasteiger partial charge in [0.25, 0.3) is 0 Å². The summed E-state index contributed by atoms with van der Waals surface area (Å²) in [7, 11) is 0. The molecular formula is C29H28ClN3O4. The molecule has 3 heterocycles. The third-order valence-corrected chi connectivity index (χ3v) is 7.60.